The summed E-state index contributed by atoms with van der Waals surface area (Å²) in [6.07, 6.45) is 0.627. The summed E-state index contributed by atoms with van der Waals surface area (Å²) in [5.74, 6) is 0. The SMILES string of the molecule is N#Cc1ccc2ccc(=O)n(CC=O)c2n1. The maximum atomic E-state index is 11.5. The molecule has 16 heavy (non-hydrogen) atoms. The van der Waals surface area contributed by atoms with Gasteiger partial charge < -0.3 is 4.79 Å². The van der Waals surface area contributed by atoms with Crippen LogP contribution < -0.4 is 5.56 Å². The van der Waals surface area contributed by atoms with Crippen LogP contribution in [-0.2, 0) is 11.3 Å². The molecule has 0 fully saturated rings. The number of carbonyl (C=O) groups is 1. The van der Waals surface area contributed by atoms with Gasteiger partial charge in [-0.15, -0.1) is 0 Å². The molecule has 0 saturated carbocycles. The number of rotatable bonds is 2. The van der Waals surface area contributed by atoms with Gasteiger partial charge in [0, 0.05) is 11.5 Å². The lowest BCUT2D eigenvalue weighted by Crippen LogP contribution is -2.20. The molecule has 78 valence electrons. The van der Waals surface area contributed by atoms with Crippen LogP contribution in [-0.4, -0.2) is 15.8 Å². The second kappa shape index (κ2) is 3.95. The maximum absolute atomic E-state index is 11.5. The molecule has 0 N–H and O–H groups in total. The van der Waals surface area contributed by atoms with E-state index in [0.717, 1.165) is 5.39 Å². The van der Waals surface area contributed by atoms with Gasteiger partial charge >= 0.3 is 0 Å². The zero-order valence-corrected chi connectivity index (χ0v) is 8.25. The van der Waals surface area contributed by atoms with Crippen LogP contribution in [0.5, 0.6) is 0 Å². The molecule has 2 aromatic rings. The third kappa shape index (κ3) is 1.57. The summed E-state index contributed by atoms with van der Waals surface area (Å²) in [6.45, 7) is -0.0575. The number of pyridine rings is 2. The highest BCUT2D eigenvalue weighted by molar-refractivity contribution is 5.76. The van der Waals surface area contributed by atoms with E-state index in [-0.39, 0.29) is 17.8 Å². The van der Waals surface area contributed by atoms with Crippen molar-refractivity contribution in [1.29, 1.82) is 5.26 Å². The van der Waals surface area contributed by atoms with E-state index in [0.29, 0.717) is 11.9 Å². The Labute approximate surface area is 90.6 Å². The first-order valence-electron chi connectivity index (χ1n) is 4.60. The van der Waals surface area contributed by atoms with Crippen LogP contribution in [0.15, 0.2) is 29.1 Å². The van der Waals surface area contributed by atoms with E-state index in [4.69, 9.17) is 5.26 Å². The molecule has 0 atom stereocenters. The normalized spacial score (nSPS) is 9.94. The predicted molar refractivity (Wildman–Crippen MR) is 56.8 cm³/mol. The second-order valence-corrected chi connectivity index (χ2v) is 3.17. The van der Waals surface area contributed by atoms with Crippen molar-refractivity contribution in [3.8, 4) is 6.07 Å². The van der Waals surface area contributed by atoms with Crippen LogP contribution in [0.3, 0.4) is 0 Å². The van der Waals surface area contributed by atoms with Gasteiger partial charge in [-0.3, -0.25) is 9.36 Å². The van der Waals surface area contributed by atoms with Crippen LogP contribution >= 0.6 is 0 Å². The summed E-state index contributed by atoms with van der Waals surface area (Å²) in [4.78, 5) is 26.0. The van der Waals surface area contributed by atoms with Crippen molar-refractivity contribution >= 4 is 17.3 Å². The quantitative estimate of drug-likeness (QED) is 0.679. The van der Waals surface area contributed by atoms with E-state index in [2.05, 4.69) is 4.98 Å². The first-order chi connectivity index (χ1) is 7.76. The van der Waals surface area contributed by atoms with Crippen molar-refractivity contribution in [2.75, 3.05) is 0 Å². The molecular formula is C11H7N3O2. The molecule has 0 aliphatic rings. The second-order valence-electron chi connectivity index (χ2n) is 3.17. The summed E-state index contributed by atoms with van der Waals surface area (Å²) in [5, 5.41) is 9.44. The molecule has 0 aliphatic carbocycles. The van der Waals surface area contributed by atoms with Gasteiger partial charge in [-0.05, 0) is 18.2 Å². The van der Waals surface area contributed by atoms with Gasteiger partial charge in [-0.25, -0.2) is 4.98 Å². The van der Waals surface area contributed by atoms with E-state index in [1.165, 1.54) is 10.6 Å². The summed E-state index contributed by atoms with van der Waals surface area (Å²) >= 11 is 0. The topological polar surface area (TPSA) is 75.8 Å². The fourth-order valence-corrected chi connectivity index (χ4v) is 1.47. The molecule has 5 heteroatoms. The maximum Gasteiger partial charge on any atom is 0.252 e. The Morgan fingerprint density at radius 3 is 2.81 bits per heavy atom. The van der Waals surface area contributed by atoms with Crippen LogP contribution in [0.2, 0.25) is 0 Å². The minimum Gasteiger partial charge on any atom is -0.301 e. The number of nitriles is 1. The number of hydrogen-bond acceptors (Lipinski definition) is 4. The van der Waals surface area contributed by atoms with Gasteiger partial charge in [0.2, 0.25) is 0 Å². The standard InChI is InChI=1S/C11H7N3O2/c12-7-9-3-1-8-2-4-10(16)14(5-6-15)11(8)13-9/h1-4,6H,5H2. The molecule has 0 spiro atoms. The smallest absolute Gasteiger partial charge is 0.252 e. The Morgan fingerprint density at radius 1 is 1.38 bits per heavy atom. The number of carbonyl (C=O) groups excluding carboxylic acids is 1. The molecular weight excluding hydrogens is 206 g/mol. The first kappa shape index (κ1) is 10.1. The van der Waals surface area contributed by atoms with Crippen LogP contribution in [0.1, 0.15) is 5.69 Å². The molecule has 5 nitrogen and oxygen atoms in total. The molecule has 0 amide bonds. The van der Waals surface area contributed by atoms with Crippen molar-refractivity contribution < 1.29 is 4.79 Å². The largest absolute Gasteiger partial charge is 0.301 e. The molecule has 2 rings (SSSR count). The number of hydrogen-bond donors (Lipinski definition) is 0. The monoisotopic (exact) mass is 213 g/mol. The van der Waals surface area contributed by atoms with Crippen molar-refractivity contribution in [3.05, 3.63) is 40.3 Å². The minimum absolute atomic E-state index is 0.0575. The molecule has 2 aromatic heterocycles. The van der Waals surface area contributed by atoms with Crippen molar-refractivity contribution in [3.63, 3.8) is 0 Å². The van der Waals surface area contributed by atoms with E-state index in [1.807, 2.05) is 6.07 Å². The molecule has 0 radical (unpaired) electrons. The molecule has 0 unspecified atom stereocenters. The fourth-order valence-electron chi connectivity index (χ4n) is 1.47. The molecule has 2 heterocycles. The van der Waals surface area contributed by atoms with Crippen LogP contribution in [0.4, 0.5) is 0 Å². The van der Waals surface area contributed by atoms with Crippen molar-refractivity contribution in [2.45, 2.75) is 6.54 Å². The molecule has 0 bridgehead atoms. The van der Waals surface area contributed by atoms with Gasteiger partial charge in [0.1, 0.15) is 23.7 Å². The molecule has 0 saturated heterocycles. The summed E-state index contributed by atoms with van der Waals surface area (Å²) < 4.78 is 1.24. The van der Waals surface area contributed by atoms with Crippen LogP contribution in [0, 0.1) is 11.3 Å². The zero-order chi connectivity index (χ0) is 11.5. The van der Waals surface area contributed by atoms with E-state index < -0.39 is 0 Å². The lowest BCUT2D eigenvalue weighted by molar-refractivity contribution is -0.108. The highest BCUT2D eigenvalue weighted by Gasteiger charge is 2.04. The average molecular weight is 213 g/mol. The van der Waals surface area contributed by atoms with E-state index in [1.54, 1.807) is 18.2 Å². The van der Waals surface area contributed by atoms with E-state index >= 15 is 0 Å². The lowest BCUT2D eigenvalue weighted by Gasteiger charge is -2.05. The van der Waals surface area contributed by atoms with Gasteiger partial charge in [0.25, 0.3) is 5.56 Å². The Hall–Kier alpha value is -2.48. The lowest BCUT2D eigenvalue weighted by atomic mass is 10.2. The fraction of sp³-hybridized carbons (Fsp3) is 0.0909. The Balaban J connectivity index is 2.84. The highest BCUT2D eigenvalue weighted by atomic mass is 16.1. The van der Waals surface area contributed by atoms with Gasteiger partial charge in [-0.2, -0.15) is 5.26 Å². The minimum atomic E-state index is -0.304. The van der Waals surface area contributed by atoms with Gasteiger partial charge in [0.05, 0.1) is 6.54 Å². The summed E-state index contributed by atoms with van der Waals surface area (Å²) in [6, 6.07) is 8.15. The zero-order valence-electron chi connectivity index (χ0n) is 8.25. The molecule has 0 aliphatic heterocycles. The van der Waals surface area contributed by atoms with Gasteiger partial charge in [-0.1, -0.05) is 0 Å². The third-order valence-corrected chi connectivity index (χ3v) is 2.20. The summed E-state index contributed by atoms with van der Waals surface area (Å²) in [5.41, 5.74) is 0.276. The number of fused-ring (bicyclic) bond motifs is 1. The highest BCUT2D eigenvalue weighted by Crippen LogP contribution is 2.09. The van der Waals surface area contributed by atoms with Crippen molar-refractivity contribution in [1.82, 2.24) is 9.55 Å². The first-order valence-corrected chi connectivity index (χ1v) is 4.60. The van der Waals surface area contributed by atoms with E-state index in [9.17, 15) is 9.59 Å². The number of nitrogens with zero attached hydrogens (tertiary/aromatic N) is 3. The Bertz CT molecular complexity index is 652. The Morgan fingerprint density at radius 2 is 2.12 bits per heavy atom. The van der Waals surface area contributed by atoms with Gasteiger partial charge in [0.15, 0.2) is 0 Å². The predicted octanol–water partition coefficient (Wildman–Crippen LogP) is 0.467. The number of aromatic nitrogens is 2. The molecule has 0 aromatic carbocycles. The number of aldehydes is 1. The Kier molecular flexibility index (Phi) is 2.48. The summed E-state index contributed by atoms with van der Waals surface area (Å²) in [7, 11) is 0. The average Bonchev–Trinajstić information content (AvgIpc) is 2.32. The van der Waals surface area contributed by atoms with Crippen molar-refractivity contribution in [2.24, 2.45) is 0 Å². The third-order valence-electron chi connectivity index (χ3n) is 2.20. The van der Waals surface area contributed by atoms with Crippen LogP contribution in [0.25, 0.3) is 11.0 Å².